The Balaban J connectivity index is 2.69. The topological polar surface area (TPSA) is 24.9 Å². The Morgan fingerprint density at radius 1 is 1.41 bits per heavy atom. The van der Waals surface area contributed by atoms with Gasteiger partial charge in [-0.25, -0.2) is 4.98 Å². The van der Waals surface area contributed by atoms with Crippen LogP contribution in [0.15, 0.2) is 22.7 Å². The van der Waals surface area contributed by atoms with E-state index in [-0.39, 0.29) is 0 Å². The fourth-order valence-corrected chi connectivity index (χ4v) is 2.50. The molecule has 2 nitrogen and oxygen atoms in total. The van der Waals surface area contributed by atoms with Gasteiger partial charge in [-0.05, 0) is 40.0 Å². The molecule has 0 aliphatic rings. The van der Waals surface area contributed by atoms with E-state index in [2.05, 4.69) is 39.2 Å². The molecule has 0 atom stereocenters. The first-order valence-electron chi connectivity index (χ1n) is 5.62. The van der Waals surface area contributed by atoms with Gasteiger partial charge in [-0.2, -0.15) is 0 Å². The molecule has 2 rings (SSSR count). The van der Waals surface area contributed by atoms with Crippen molar-refractivity contribution in [2.45, 2.75) is 19.8 Å². The molecule has 4 heteroatoms. The predicted molar refractivity (Wildman–Crippen MR) is 78.0 cm³/mol. The molecule has 0 amide bonds. The molecule has 1 aromatic heterocycles. The zero-order valence-electron chi connectivity index (χ0n) is 9.85. The summed E-state index contributed by atoms with van der Waals surface area (Å²) in [6, 6.07) is 6.08. The molecule has 0 aliphatic carbocycles. The van der Waals surface area contributed by atoms with Crippen molar-refractivity contribution in [2.24, 2.45) is 0 Å². The van der Waals surface area contributed by atoms with Crippen molar-refractivity contribution in [1.29, 1.82) is 0 Å². The number of nitrogens with zero attached hydrogens (tertiary/aromatic N) is 1. The predicted octanol–water partition coefficient (Wildman–Crippen LogP) is 4.64. The van der Waals surface area contributed by atoms with Crippen LogP contribution >= 0.6 is 27.5 Å². The second-order valence-corrected chi connectivity index (χ2v) is 5.13. The number of rotatable bonds is 3. The Kier molecular flexibility index (Phi) is 3.89. The number of benzene rings is 1. The highest BCUT2D eigenvalue weighted by atomic mass is 79.9. The van der Waals surface area contributed by atoms with E-state index >= 15 is 0 Å². The Bertz CT molecular complexity index is 555. The standard InChI is InChI=1S/C13H14BrClN2/c1-3-4-9-7-8-5-6-10(15)11(14)12(8)17-13(9)16-2/h5-7H,3-4H2,1-2H3,(H,16,17). The molecule has 1 heterocycles. The van der Waals surface area contributed by atoms with Crippen molar-refractivity contribution in [1.82, 2.24) is 4.98 Å². The number of aromatic nitrogens is 1. The normalized spacial score (nSPS) is 10.8. The lowest BCUT2D eigenvalue weighted by atomic mass is 10.1. The lowest BCUT2D eigenvalue weighted by Crippen LogP contribution is -1.99. The second-order valence-electron chi connectivity index (χ2n) is 3.93. The van der Waals surface area contributed by atoms with Gasteiger partial charge >= 0.3 is 0 Å². The minimum absolute atomic E-state index is 0.690. The van der Waals surface area contributed by atoms with E-state index in [0.29, 0.717) is 5.02 Å². The van der Waals surface area contributed by atoms with E-state index in [9.17, 15) is 0 Å². The lowest BCUT2D eigenvalue weighted by molar-refractivity contribution is 0.919. The zero-order chi connectivity index (χ0) is 12.4. The first-order valence-corrected chi connectivity index (χ1v) is 6.79. The van der Waals surface area contributed by atoms with Crippen molar-refractivity contribution in [3.63, 3.8) is 0 Å². The summed E-state index contributed by atoms with van der Waals surface area (Å²) in [6.07, 6.45) is 2.13. The quantitative estimate of drug-likeness (QED) is 0.892. The van der Waals surface area contributed by atoms with Gasteiger partial charge in [0.1, 0.15) is 5.82 Å². The zero-order valence-corrected chi connectivity index (χ0v) is 12.2. The third kappa shape index (κ3) is 2.40. The molecule has 90 valence electrons. The van der Waals surface area contributed by atoms with Gasteiger partial charge in [-0.1, -0.05) is 31.0 Å². The molecule has 1 aromatic carbocycles. The number of hydrogen-bond donors (Lipinski definition) is 1. The van der Waals surface area contributed by atoms with Gasteiger partial charge in [0.05, 0.1) is 15.0 Å². The van der Waals surface area contributed by atoms with Crippen LogP contribution < -0.4 is 5.32 Å². The summed E-state index contributed by atoms with van der Waals surface area (Å²) in [5.41, 5.74) is 2.15. The monoisotopic (exact) mass is 312 g/mol. The van der Waals surface area contributed by atoms with E-state index in [1.165, 1.54) is 5.56 Å². The van der Waals surface area contributed by atoms with Gasteiger partial charge < -0.3 is 5.32 Å². The fraction of sp³-hybridized carbons (Fsp3) is 0.308. The number of anilines is 1. The average molecular weight is 314 g/mol. The molecule has 0 radical (unpaired) electrons. The van der Waals surface area contributed by atoms with Crippen LogP contribution in [0.4, 0.5) is 5.82 Å². The van der Waals surface area contributed by atoms with Gasteiger partial charge in [0.2, 0.25) is 0 Å². The number of hydrogen-bond acceptors (Lipinski definition) is 2. The summed E-state index contributed by atoms with van der Waals surface area (Å²) in [4.78, 5) is 4.63. The molecule has 0 spiro atoms. The Morgan fingerprint density at radius 2 is 2.18 bits per heavy atom. The van der Waals surface area contributed by atoms with Crippen LogP contribution in [0.1, 0.15) is 18.9 Å². The Hall–Kier alpha value is -0.800. The molecule has 0 unspecified atom stereocenters. The van der Waals surface area contributed by atoms with Crippen molar-refractivity contribution in [3.05, 3.63) is 33.3 Å². The van der Waals surface area contributed by atoms with Crippen LogP contribution in [0.25, 0.3) is 10.9 Å². The van der Waals surface area contributed by atoms with Gasteiger partial charge in [0, 0.05) is 12.4 Å². The second kappa shape index (κ2) is 5.23. The third-order valence-corrected chi connectivity index (χ3v) is 4.06. The van der Waals surface area contributed by atoms with Gasteiger partial charge in [-0.15, -0.1) is 0 Å². The smallest absolute Gasteiger partial charge is 0.129 e. The van der Waals surface area contributed by atoms with Gasteiger partial charge in [0.15, 0.2) is 0 Å². The number of fused-ring (bicyclic) bond motifs is 1. The summed E-state index contributed by atoms with van der Waals surface area (Å²) in [5, 5.41) is 4.95. The maximum absolute atomic E-state index is 6.08. The molecule has 2 aromatic rings. The molecule has 0 fully saturated rings. The summed E-state index contributed by atoms with van der Waals surface area (Å²) >= 11 is 9.56. The number of nitrogens with one attached hydrogen (secondary N) is 1. The molecular weight excluding hydrogens is 300 g/mol. The number of halogens is 2. The van der Waals surface area contributed by atoms with Gasteiger partial charge in [-0.3, -0.25) is 0 Å². The van der Waals surface area contributed by atoms with Crippen molar-refractivity contribution >= 4 is 44.3 Å². The number of aryl methyl sites for hydroxylation is 1. The van der Waals surface area contributed by atoms with Crippen molar-refractivity contribution in [2.75, 3.05) is 12.4 Å². The fourth-order valence-electron chi connectivity index (χ4n) is 1.90. The van der Waals surface area contributed by atoms with Crippen LogP contribution in [0.5, 0.6) is 0 Å². The highest BCUT2D eigenvalue weighted by Crippen LogP contribution is 2.32. The molecule has 1 N–H and O–H groups in total. The minimum atomic E-state index is 0.690. The van der Waals surface area contributed by atoms with Crippen LogP contribution in [0, 0.1) is 0 Å². The van der Waals surface area contributed by atoms with E-state index in [0.717, 1.165) is 34.0 Å². The summed E-state index contributed by atoms with van der Waals surface area (Å²) < 4.78 is 0.858. The first kappa shape index (κ1) is 12.7. The molecule has 0 saturated carbocycles. The largest absolute Gasteiger partial charge is 0.373 e. The summed E-state index contributed by atoms with van der Waals surface area (Å²) in [7, 11) is 1.89. The first-order chi connectivity index (χ1) is 8.17. The van der Waals surface area contributed by atoms with Crippen LogP contribution in [0.2, 0.25) is 5.02 Å². The SMILES string of the molecule is CCCc1cc2ccc(Cl)c(Br)c2nc1NC. The van der Waals surface area contributed by atoms with Crippen LogP contribution in [-0.2, 0) is 6.42 Å². The van der Waals surface area contributed by atoms with Gasteiger partial charge in [0.25, 0.3) is 0 Å². The van der Waals surface area contributed by atoms with E-state index in [4.69, 9.17) is 11.6 Å². The van der Waals surface area contributed by atoms with E-state index in [1.54, 1.807) is 0 Å². The summed E-state index contributed by atoms with van der Waals surface area (Å²) in [6.45, 7) is 2.17. The minimum Gasteiger partial charge on any atom is -0.373 e. The Labute approximate surface area is 115 Å². The maximum atomic E-state index is 6.08. The lowest BCUT2D eigenvalue weighted by Gasteiger charge is -2.10. The Morgan fingerprint density at radius 3 is 2.82 bits per heavy atom. The maximum Gasteiger partial charge on any atom is 0.129 e. The van der Waals surface area contributed by atoms with Crippen LogP contribution in [0.3, 0.4) is 0 Å². The van der Waals surface area contributed by atoms with E-state index in [1.807, 2.05) is 19.2 Å². The molecule has 17 heavy (non-hydrogen) atoms. The highest BCUT2D eigenvalue weighted by molar-refractivity contribution is 9.10. The van der Waals surface area contributed by atoms with E-state index < -0.39 is 0 Å². The number of pyridine rings is 1. The summed E-state index contributed by atoms with van der Waals surface area (Å²) in [5.74, 6) is 0.933. The molecule has 0 saturated heterocycles. The molecular formula is C13H14BrClN2. The molecule has 0 bridgehead atoms. The van der Waals surface area contributed by atoms with Crippen LogP contribution in [-0.4, -0.2) is 12.0 Å². The molecule has 0 aliphatic heterocycles. The highest BCUT2D eigenvalue weighted by Gasteiger charge is 2.09. The average Bonchev–Trinajstić information content (AvgIpc) is 2.34. The van der Waals surface area contributed by atoms with Crippen molar-refractivity contribution < 1.29 is 0 Å². The third-order valence-electron chi connectivity index (χ3n) is 2.71. The van der Waals surface area contributed by atoms with Crippen molar-refractivity contribution in [3.8, 4) is 0 Å².